The Morgan fingerprint density at radius 2 is 1.81 bits per heavy atom. The van der Waals surface area contributed by atoms with Crippen LogP contribution in [0, 0.1) is 0 Å². The minimum absolute atomic E-state index is 0.725. The molecule has 0 radical (unpaired) electrons. The van der Waals surface area contributed by atoms with Gasteiger partial charge >= 0.3 is 0 Å². The summed E-state index contributed by atoms with van der Waals surface area (Å²) in [5, 5.41) is 6.98. The lowest BCUT2D eigenvalue weighted by atomic mass is 10.3. The van der Waals surface area contributed by atoms with E-state index >= 15 is 0 Å². The Morgan fingerprint density at radius 1 is 1.06 bits per heavy atom. The normalized spacial score (nSPS) is 9.88. The van der Waals surface area contributed by atoms with Gasteiger partial charge in [0, 0.05) is 35.7 Å². The van der Waals surface area contributed by atoms with Gasteiger partial charge in [0.15, 0.2) is 0 Å². The lowest BCUT2D eigenvalue weighted by Gasteiger charge is -2.07. The molecule has 2 rings (SSSR count). The Labute approximate surface area is 99.5 Å². The molecule has 2 N–H and O–H groups in total. The summed E-state index contributed by atoms with van der Waals surface area (Å²) in [6.07, 6.45) is 1.75. The number of hydrogen-bond donors (Lipinski definition) is 2. The number of nitrogens with zero attached hydrogens (tertiary/aromatic N) is 1. The highest BCUT2D eigenvalue weighted by molar-refractivity contribution is 6.30. The molecule has 0 aliphatic heterocycles. The predicted molar refractivity (Wildman–Crippen MR) is 68.5 cm³/mol. The van der Waals surface area contributed by atoms with E-state index in [0.717, 1.165) is 22.2 Å². The zero-order valence-electron chi connectivity index (χ0n) is 8.87. The van der Waals surface area contributed by atoms with Crippen molar-refractivity contribution in [2.75, 3.05) is 17.7 Å². The molecule has 0 aliphatic carbocycles. The highest BCUT2D eigenvalue weighted by Crippen LogP contribution is 2.19. The smallest absolute Gasteiger partial charge is 0.132 e. The molecule has 0 saturated heterocycles. The van der Waals surface area contributed by atoms with E-state index in [1.54, 1.807) is 6.20 Å². The van der Waals surface area contributed by atoms with Crippen molar-refractivity contribution in [1.29, 1.82) is 0 Å². The zero-order valence-corrected chi connectivity index (χ0v) is 9.62. The lowest BCUT2D eigenvalue weighted by Crippen LogP contribution is -1.95. The summed E-state index contributed by atoms with van der Waals surface area (Å²) in [5.74, 6) is 0.800. The molecule has 2 aromatic rings. The van der Waals surface area contributed by atoms with Gasteiger partial charge in [-0.05, 0) is 30.3 Å². The molecule has 0 amide bonds. The van der Waals surface area contributed by atoms with E-state index in [2.05, 4.69) is 15.6 Å². The minimum Gasteiger partial charge on any atom is -0.388 e. The second-order valence-electron chi connectivity index (χ2n) is 3.31. The average molecular weight is 234 g/mol. The van der Waals surface area contributed by atoms with E-state index in [-0.39, 0.29) is 0 Å². The third-order valence-corrected chi connectivity index (χ3v) is 2.42. The molecule has 0 saturated carbocycles. The molecule has 1 heterocycles. The summed E-state index contributed by atoms with van der Waals surface area (Å²) in [7, 11) is 1.88. The first-order chi connectivity index (χ1) is 7.78. The van der Waals surface area contributed by atoms with E-state index < -0.39 is 0 Å². The van der Waals surface area contributed by atoms with Gasteiger partial charge in [0.05, 0.1) is 0 Å². The number of pyridine rings is 1. The quantitative estimate of drug-likeness (QED) is 0.852. The molecule has 82 valence electrons. The highest BCUT2D eigenvalue weighted by Gasteiger charge is 1.97. The van der Waals surface area contributed by atoms with Crippen LogP contribution in [0.3, 0.4) is 0 Å². The summed E-state index contributed by atoms with van der Waals surface area (Å²) in [6, 6.07) is 11.4. The number of anilines is 3. The molecule has 0 fully saturated rings. The summed E-state index contributed by atoms with van der Waals surface area (Å²) in [4.78, 5) is 4.22. The summed E-state index contributed by atoms with van der Waals surface area (Å²) < 4.78 is 0. The van der Waals surface area contributed by atoms with Crippen molar-refractivity contribution < 1.29 is 0 Å². The fourth-order valence-corrected chi connectivity index (χ4v) is 1.46. The van der Waals surface area contributed by atoms with Gasteiger partial charge in [-0.25, -0.2) is 4.98 Å². The first-order valence-corrected chi connectivity index (χ1v) is 5.32. The number of halogens is 1. The van der Waals surface area contributed by atoms with Crippen LogP contribution in [0.1, 0.15) is 0 Å². The van der Waals surface area contributed by atoms with Gasteiger partial charge in [-0.3, -0.25) is 0 Å². The molecule has 3 nitrogen and oxygen atoms in total. The van der Waals surface area contributed by atoms with Gasteiger partial charge in [-0.1, -0.05) is 11.6 Å². The fraction of sp³-hybridized carbons (Fsp3) is 0.0833. The first-order valence-electron chi connectivity index (χ1n) is 4.94. The van der Waals surface area contributed by atoms with Crippen LogP contribution in [-0.2, 0) is 0 Å². The van der Waals surface area contributed by atoms with Crippen molar-refractivity contribution in [3.05, 3.63) is 47.6 Å². The largest absolute Gasteiger partial charge is 0.388 e. The standard InChI is InChI=1S/C12H12ClN3/c1-14-11-6-7-15-12(8-11)16-10-4-2-9(13)3-5-10/h2-8H,1H3,(H2,14,15,16). The maximum Gasteiger partial charge on any atom is 0.132 e. The van der Waals surface area contributed by atoms with Gasteiger partial charge < -0.3 is 10.6 Å². The second kappa shape index (κ2) is 4.86. The van der Waals surface area contributed by atoms with E-state index in [9.17, 15) is 0 Å². The number of aromatic nitrogens is 1. The Balaban J connectivity index is 2.16. The Kier molecular flexibility index (Phi) is 3.27. The van der Waals surface area contributed by atoms with Crippen molar-refractivity contribution in [2.24, 2.45) is 0 Å². The topological polar surface area (TPSA) is 37.0 Å². The van der Waals surface area contributed by atoms with Crippen LogP contribution < -0.4 is 10.6 Å². The van der Waals surface area contributed by atoms with E-state index in [4.69, 9.17) is 11.6 Å². The third kappa shape index (κ3) is 2.64. The molecule has 0 bridgehead atoms. The Bertz CT molecular complexity index is 468. The molecule has 1 aromatic heterocycles. The minimum atomic E-state index is 0.725. The number of benzene rings is 1. The monoisotopic (exact) mass is 233 g/mol. The lowest BCUT2D eigenvalue weighted by molar-refractivity contribution is 1.30. The van der Waals surface area contributed by atoms with Gasteiger partial charge in [-0.15, -0.1) is 0 Å². The van der Waals surface area contributed by atoms with Crippen LogP contribution in [0.2, 0.25) is 5.02 Å². The van der Waals surface area contributed by atoms with Crippen LogP contribution in [0.15, 0.2) is 42.6 Å². The van der Waals surface area contributed by atoms with Crippen molar-refractivity contribution >= 4 is 28.8 Å². The van der Waals surface area contributed by atoms with E-state index in [1.165, 1.54) is 0 Å². The molecule has 16 heavy (non-hydrogen) atoms. The van der Waals surface area contributed by atoms with Gasteiger partial charge in [0.25, 0.3) is 0 Å². The third-order valence-electron chi connectivity index (χ3n) is 2.17. The van der Waals surface area contributed by atoms with Gasteiger partial charge in [0.2, 0.25) is 0 Å². The second-order valence-corrected chi connectivity index (χ2v) is 3.75. The molecule has 1 aromatic carbocycles. The molecule has 0 unspecified atom stereocenters. The summed E-state index contributed by atoms with van der Waals surface area (Å²) in [6.45, 7) is 0. The zero-order chi connectivity index (χ0) is 11.4. The highest BCUT2D eigenvalue weighted by atomic mass is 35.5. The van der Waals surface area contributed by atoms with Crippen molar-refractivity contribution in [1.82, 2.24) is 4.98 Å². The van der Waals surface area contributed by atoms with Crippen molar-refractivity contribution in [3.63, 3.8) is 0 Å². The molecule has 0 aliphatic rings. The number of rotatable bonds is 3. The SMILES string of the molecule is CNc1ccnc(Nc2ccc(Cl)cc2)c1. The maximum atomic E-state index is 5.81. The fourth-order valence-electron chi connectivity index (χ4n) is 1.34. The Morgan fingerprint density at radius 3 is 2.50 bits per heavy atom. The van der Waals surface area contributed by atoms with Crippen molar-refractivity contribution in [3.8, 4) is 0 Å². The van der Waals surface area contributed by atoms with Crippen LogP contribution in [0.4, 0.5) is 17.2 Å². The van der Waals surface area contributed by atoms with Crippen LogP contribution >= 0.6 is 11.6 Å². The molecular weight excluding hydrogens is 222 g/mol. The van der Waals surface area contributed by atoms with E-state index in [1.807, 2.05) is 43.4 Å². The van der Waals surface area contributed by atoms with Crippen molar-refractivity contribution in [2.45, 2.75) is 0 Å². The van der Waals surface area contributed by atoms with Crippen LogP contribution in [0.5, 0.6) is 0 Å². The Hall–Kier alpha value is -1.74. The molecule has 4 heteroatoms. The summed E-state index contributed by atoms with van der Waals surface area (Å²) >= 11 is 5.81. The molecule has 0 atom stereocenters. The number of hydrogen-bond acceptors (Lipinski definition) is 3. The average Bonchev–Trinajstić information content (AvgIpc) is 2.32. The van der Waals surface area contributed by atoms with Crippen LogP contribution in [-0.4, -0.2) is 12.0 Å². The van der Waals surface area contributed by atoms with Gasteiger partial charge in [-0.2, -0.15) is 0 Å². The van der Waals surface area contributed by atoms with E-state index in [0.29, 0.717) is 0 Å². The van der Waals surface area contributed by atoms with Crippen LogP contribution in [0.25, 0.3) is 0 Å². The first kappa shape index (κ1) is 10.8. The maximum absolute atomic E-state index is 5.81. The number of nitrogens with one attached hydrogen (secondary N) is 2. The predicted octanol–water partition coefficient (Wildman–Crippen LogP) is 3.52. The summed E-state index contributed by atoms with van der Waals surface area (Å²) in [5.41, 5.74) is 1.98. The molecule has 0 spiro atoms. The van der Waals surface area contributed by atoms with Gasteiger partial charge in [0.1, 0.15) is 5.82 Å². The molecular formula is C12H12ClN3.